The zero-order valence-electron chi connectivity index (χ0n) is 15.4. The molecule has 27 heavy (non-hydrogen) atoms. The van der Waals surface area contributed by atoms with Gasteiger partial charge in [0.05, 0.1) is 13.7 Å². The van der Waals surface area contributed by atoms with Gasteiger partial charge in [0, 0.05) is 11.3 Å². The third kappa shape index (κ3) is 5.82. The molecule has 0 fully saturated rings. The fourth-order valence-electron chi connectivity index (χ4n) is 2.16. The van der Waals surface area contributed by atoms with Crippen molar-refractivity contribution in [3.8, 4) is 11.5 Å². The molecule has 0 atom stereocenters. The predicted octanol–water partition coefficient (Wildman–Crippen LogP) is 3.56. The molecule has 1 amide bonds. The second kappa shape index (κ2) is 9.72. The summed E-state index contributed by atoms with van der Waals surface area (Å²) in [5.41, 5.74) is 6.43. The third-order valence-electron chi connectivity index (χ3n) is 3.61. The first-order valence-corrected chi connectivity index (χ1v) is 8.79. The van der Waals surface area contributed by atoms with Crippen LogP contribution in [0.25, 0.3) is 0 Å². The van der Waals surface area contributed by atoms with Crippen LogP contribution in [0.3, 0.4) is 0 Å². The van der Waals surface area contributed by atoms with Crippen LogP contribution >= 0.6 is 12.2 Å². The highest BCUT2D eigenvalue weighted by Crippen LogP contribution is 2.28. The lowest BCUT2D eigenvalue weighted by Crippen LogP contribution is -2.43. The van der Waals surface area contributed by atoms with E-state index in [1.165, 1.54) is 13.2 Å². The van der Waals surface area contributed by atoms with Crippen LogP contribution in [0.2, 0.25) is 0 Å². The Kier molecular flexibility index (Phi) is 7.36. The van der Waals surface area contributed by atoms with E-state index < -0.39 is 5.91 Å². The minimum absolute atomic E-state index is 0.126. The highest BCUT2D eigenvalue weighted by atomic mass is 32.1. The number of hydrogen-bond acceptors (Lipinski definition) is 4. The normalized spacial score (nSPS) is 10.1. The molecule has 0 unspecified atom stereocenters. The second-order valence-corrected chi connectivity index (χ2v) is 6.12. The molecule has 0 aliphatic rings. The number of aryl methyl sites for hydroxylation is 1. The fourth-order valence-corrected chi connectivity index (χ4v) is 2.33. The molecule has 0 saturated heterocycles. The summed E-state index contributed by atoms with van der Waals surface area (Å²) in [6.07, 6.45) is 0.866. The Morgan fingerprint density at radius 1 is 1.15 bits per heavy atom. The van der Waals surface area contributed by atoms with Gasteiger partial charge in [-0.05, 0) is 61.5 Å². The van der Waals surface area contributed by atoms with E-state index in [2.05, 4.69) is 16.2 Å². The quantitative estimate of drug-likeness (QED) is 0.517. The SMILES string of the molecule is CCCOc1ccc(C(=O)NNC(=S)Nc2ccc(C)c(F)c2)cc1OC. The molecule has 0 spiro atoms. The van der Waals surface area contributed by atoms with E-state index in [1.54, 1.807) is 37.3 Å². The molecule has 6 nitrogen and oxygen atoms in total. The number of anilines is 1. The molecular weight excluding hydrogens is 369 g/mol. The van der Waals surface area contributed by atoms with E-state index >= 15 is 0 Å². The molecule has 0 aromatic heterocycles. The molecule has 8 heteroatoms. The summed E-state index contributed by atoms with van der Waals surface area (Å²) in [6, 6.07) is 9.52. The van der Waals surface area contributed by atoms with E-state index in [0.717, 1.165) is 6.42 Å². The van der Waals surface area contributed by atoms with Gasteiger partial charge in [-0.2, -0.15) is 0 Å². The smallest absolute Gasteiger partial charge is 0.269 e. The number of benzene rings is 2. The number of hydrogen-bond donors (Lipinski definition) is 3. The van der Waals surface area contributed by atoms with Crippen molar-refractivity contribution in [2.24, 2.45) is 0 Å². The van der Waals surface area contributed by atoms with Crippen LogP contribution in [0.5, 0.6) is 11.5 Å². The molecular formula is C19H22FN3O3S. The number of halogens is 1. The number of thiocarbonyl (C=S) groups is 1. The van der Waals surface area contributed by atoms with Gasteiger partial charge in [-0.3, -0.25) is 15.6 Å². The molecule has 0 saturated carbocycles. The van der Waals surface area contributed by atoms with Crippen molar-refractivity contribution in [1.29, 1.82) is 0 Å². The number of carbonyl (C=O) groups excluding carboxylic acids is 1. The molecule has 0 radical (unpaired) electrons. The zero-order chi connectivity index (χ0) is 19.8. The Bertz CT molecular complexity index is 830. The number of rotatable bonds is 6. The zero-order valence-corrected chi connectivity index (χ0v) is 16.2. The van der Waals surface area contributed by atoms with Gasteiger partial charge in [0.15, 0.2) is 16.6 Å². The van der Waals surface area contributed by atoms with Crippen LogP contribution in [0.1, 0.15) is 29.3 Å². The summed E-state index contributed by atoms with van der Waals surface area (Å²) < 4.78 is 24.4. The second-order valence-electron chi connectivity index (χ2n) is 5.71. The maximum Gasteiger partial charge on any atom is 0.269 e. The molecule has 3 N–H and O–H groups in total. The molecule has 0 heterocycles. The van der Waals surface area contributed by atoms with Gasteiger partial charge in [0.25, 0.3) is 5.91 Å². The van der Waals surface area contributed by atoms with Gasteiger partial charge in [-0.1, -0.05) is 13.0 Å². The Morgan fingerprint density at radius 2 is 1.93 bits per heavy atom. The van der Waals surface area contributed by atoms with Gasteiger partial charge >= 0.3 is 0 Å². The van der Waals surface area contributed by atoms with Gasteiger partial charge in [0.2, 0.25) is 0 Å². The average Bonchev–Trinajstić information content (AvgIpc) is 2.67. The van der Waals surface area contributed by atoms with E-state index in [0.29, 0.717) is 34.9 Å². The van der Waals surface area contributed by atoms with Crippen molar-refractivity contribution in [2.75, 3.05) is 19.0 Å². The predicted molar refractivity (Wildman–Crippen MR) is 107 cm³/mol. The first-order chi connectivity index (χ1) is 12.9. The third-order valence-corrected chi connectivity index (χ3v) is 3.81. The molecule has 0 aliphatic carbocycles. The van der Waals surface area contributed by atoms with Crippen molar-refractivity contribution in [2.45, 2.75) is 20.3 Å². The lowest BCUT2D eigenvalue weighted by Gasteiger charge is -2.14. The van der Waals surface area contributed by atoms with E-state index in [1.807, 2.05) is 6.92 Å². The first-order valence-electron chi connectivity index (χ1n) is 8.39. The van der Waals surface area contributed by atoms with Crippen LogP contribution in [-0.2, 0) is 0 Å². The van der Waals surface area contributed by atoms with E-state index in [9.17, 15) is 9.18 Å². The number of amides is 1. The summed E-state index contributed by atoms with van der Waals surface area (Å²) in [7, 11) is 1.51. The summed E-state index contributed by atoms with van der Waals surface area (Å²) in [5.74, 6) is 0.285. The van der Waals surface area contributed by atoms with Crippen LogP contribution in [-0.4, -0.2) is 24.7 Å². The largest absolute Gasteiger partial charge is 0.493 e. The van der Waals surface area contributed by atoms with E-state index in [-0.39, 0.29) is 10.9 Å². The summed E-state index contributed by atoms with van der Waals surface area (Å²) in [5, 5.41) is 2.92. The summed E-state index contributed by atoms with van der Waals surface area (Å²) in [4.78, 5) is 12.3. The Labute approximate surface area is 163 Å². The van der Waals surface area contributed by atoms with E-state index in [4.69, 9.17) is 21.7 Å². The van der Waals surface area contributed by atoms with Crippen molar-refractivity contribution in [3.63, 3.8) is 0 Å². The fraction of sp³-hybridized carbons (Fsp3) is 0.263. The Hall–Kier alpha value is -2.87. The minimum atomic E-state index is -0.408. The Balaban J connectivity index is 1.94. The molecule has 0 aliphatic heterocycles. The topological polar surface area (TPSA) is 71.6 Å². The van der Waals surface area contributed by atoms with Gasteiger partial charge in [-0.25, -0.2) is 4.39 Å². The molecule has 144 valence electrons. The van der Waals surface area contributed by atoms with Gasteiger partial charge in [-0.15, -0.1) is 0 Å². The van der Waals surface area contributed by atoms with Gasteiger partial charge < -0.3 is 14.8 Å². The summed E-state index contributed by atoms with van der Waals surface area (Å²) >= 11 is 5.09. The highest BCUT2D eigenvalue weighted by Gasteiger charge is 2.11. The van der Waals surface area contributed by atoms with Crippen molar-refractivity contribution in [1.82, 2.24) is 10.9 Å². The summed E-state index contributed by atoms with van der Waals surface area (Å²) in [6.45, 7) is 4.23. The number of carbonyl (C=O) groups is 1. The average molecular weight is 391 g/mol. The van der Waals surface area contributed by atoms with Crippen molar-refractivity contribution >= 4 is 28.9 Å². The molecule has 0 bridgehead atoms. The minimum Gasteiger partial charge on any atom is -0.493 e. The van der Waals surface area contributed by atoms with Crippen molar-refractivity contribution < 1.29 is 18.7 Å². The maximum absolute atomic E-state index is 13.6. The number of hydrazine groups is 1. The standard InChI is InChI=1S/C19H22FN3O3S/c1-4-9-26-16-8-6-13(10-17(16)25-3)18(24)22-23-19(27)21-14-7-5-12(2)15(20)11-14/h5-8,10-11H,4,9H2,1-3H3,(H,22,24)(H2,21,23,27). The number of nitrogens with one attached hydrogen (secondary N) is 3. The highest BCUT2D eigenvalue weighted by molar-refractivity contribution is 7.80. The van der Waals surface area contributed by atoms with Gasteiger partial charge in [0.1, 0.15) is 5.82 Å². The monoisotopic (exact) mass is 391 g/mol. The maximum atomic E-state index is 13.6. The lowest BCUT2D eigenvalue weighted by molar-refractivity contribution is 0.0943. The molecule has 2 aromatic carbocycles. The van der Waals surface area contributed by atoms with Crippen molar-refractivity contribution in [3.05, 3.63) is 53.3 Å². The molecule has 2 rings (SSSR count). The van der Waals surface area contributed by atoms with Crippen LogP contribution in [0, 0.1) is 12.7 Å². The Morgan fingerprint density at radius 3 is 2.59 bits per heavy atom. The number of ether oxygens (including phenoxy) is 2. The van der Waals surface area contributed by atoms with Crippen LogP contribution < -0.4 is 25.6 Å². The number of methoxy groups -OCH3 is 1. The first kappa shape index (κ1) is 20.4. The lowest BCUT2D eigenvalue weighted by atomic mass is 10.2. The van der Waals surface area contributed by atoms with Crippen LogP contribution in [0.4, 0.5) is 10.1 Å². The van der Waals surface area contributed by atoms with Crippen LogP contribution in [0.15, 0.2) is 36.4 Å². The molecule has 2 aromatic rings.